The van der Waals surface area contributed by atoms with E-state index < -0.39 is 24.4 Å². The van der Waals surface area contributed by atoms with Crippen molar-refractivity contribution in [2.24, 2.45) is 0 Å². The second-order valence-electron chi connectivity index (χ2n) is 6.87. The van der Waals surface area contributed by atoms with E-state index in [-0.39, 0.29) is 12.5 Å². The Labute approximate surface area is 174 Å². The Balaban J connectivity index is 1.48. The van der Waals surface area contributed by atoms with Gasteiger partial charge in [-0.05, 0) is 37.1 Å². The van der Waals surface area contributed by atoms with Crippen LogP contribution in [0, 0.1) is 6.92 Å². The molecule has 30 heavy (non-hydrogen) atoms. The minimum Gasteiger partial charge on any atom is -0.454 e. The molecule has 1 saturated heterocycles. The molecule has 3 amide bonds. The lowest BCUT2D eigenvalue weighted by Gasteiger charge is -2.19. The van der Waals surface area contributed by atoms with Gasteiger partial charge in [0.2, 0.25) is 5.91 Å². The molecule has 0 saturated carbocycles. The van der Waals surface area contributed by atoms with Crippen molar-refractivity contribution in [2.45, 2.75) is 19.8 Å². The largest absolute Gasteiger partial charge is 0.454 e. The molecule has 0 aliphatic carbocycles. The van der Waals surface area contributed by atoms with Crippen molar-refractivity contribution in [1.82, 2.24) is 5.32 Å². The lowest BCUT2D eigenvalue weighted by molar-refractivity contribution is -0.146. The Morgan fingerprint density at radius 3 is 2.53 bits per heavy atom. The number of esters is 1. The van der Waals surface area contributed by atoms with Crippen LogP contribution in [0.4, 0.5) is 11.4 Å². The number of carbonyl (C=O) groups is 4. The van der Waals surface area contributed by atoms with E-state index in [1.807, 2.05) is 6.07 Å². The summed E-state index contributed by atoms with van der Waals surface area (Å²) >= 11 is 0. The molecule has 1 heterocycles. The number of ether oxygens (including phenoxy) is 1. The van der Waals surface area contributed by atoms with Crippen LogP contribution >= 0.6 is 0 Å². The second-order valence-corrected chi connectivity index (χ2v) is 6.87. The van der Waals surface area contributed by atoms with Crippen LogP contribution in [0.2, 0.25) is 0 Å². The molecule has 2 aromatic rings. The molecule has 1 fully saturated rings. The molecule has 0 atom stereocenters. The maximum Gasteiger partial charge on any atom is 0.325 e. The lowest BCUT2D eigenvalue weighted by Crippen LogP contribution is -2.32. The fourth-order valence-corrected chi connectivity index (χ4v) is 3.18. The highest BCUT2D eigenvalue weighted by Gasteiger charge is 2.24. The second kappa shape index (κ2) is 9.69. The van der Waals surface area contributed by atoms with Gasteiger partial charge in [-0.15, -0.1) is 0 Å². The number of para-hydroxylation sites is 2. The van der Waals surface area contributed by atoms with E-state index in [1.54, 1.807) is 54.3 Å². The summed E-state index contributed by atoms with van der Waals surface area (Å²) in [5.41, 5.74) is 2.35. The Morgan fingerprint density at radius 1 is 1.07 bits per heavy atom. The third-order valence-electron chi connectivity index (χ3n) is 4.69. The summed E-state index contributed by atoms with van der Waals surface area (Å²) < 4.78 is 4.93. The summed E-state index contributed by atoms with van der Waals surface area (Å²) in [6, 6.07) is 14.0. The predicted molar refractivity (Wildman–Crippen MR) is 111 cm³/mol. The van der Waals surface area contributed by atoms with Gasteiger partial charge in [-0.1, -0.05) is 30.3 Å². The number of hydrogen-bond donors (Lipinski definition) is 2. The number of rotatable bonds is 7. The van der Waals surface area contributed by atoms with Crippen LogP contribution in [-0.2, 0) is 19.1 Å². The monoisotopic (exact) mass is 409 g/mol. The molecule has 0 radical (unpaired) electrons. The highest BCUT2D eigenvalue weighted by Crippen LogP contribution is 2.29. The fraction of sp³-hybridized carbons (Fsp3) is 0.273. The van der Waals surface area contributed by atoms with Crippen molar-refractivity contribution in [1.29, 1.82) is 0 Å². The first kappa shape index (κ1) is 21.0. The number of nitrogens with zero attached hydrogens (tertiary/aromatic N) is 1. The molecule has 0 aromatic heterocycles. The molecule has 0 bridgehead atoms. The van der Waals surface area contributed by atoms with Crippen molar-refractivity contribution in [3.05, 3.63) is 59.7 Å². The third kappa shape index (κ3) is 5.22. The van der Waals surface area contributed by atoms with Gasteiger partial charge < -0.3 is 20.3 Å². The van der Waals surface area contributed by atoms with E-state index in [9.17, 15) is 19.2 Å². The first-order valence-corrected chi connectivity index (χ1v) is 9.64. The van der Waals surface area contributed by atoms with Crippen LogP contribution in [0.15, 0.2) is 48.5 Å². The van der Waals surface area contributed by atoms with Crippen LogP contribution in [0.5, 0.6) is 0 Å². The van der Waals surface area contributed by atoms with Crippen LogP contribution in [0.1, 0.15) is 28.8 Å². The molecule has 8 heteroatoms. The first-order valence-electron chi connectivity index (χ1n) is 9.64. The SMILES string of the molecule is Cc1ccccc1C(=O)NCC(=O)OCC(=O)Nc1ccccc1N1CCCC1=O. The van der Waals surface area contributed by atoms with E-state index >= 15 is 0 Å². The zero-order valence-corrected chi connectivity index (χ0v) is 16.6. The van der Waals surface area contributed by atoms with Gasteiger partial charge >= 0.3 is 5.97 Å². The van der Waals surface area contributed by atoms with E-state index in [4.69, 9.17) is 4.74 Å². The number of benzene rings is 2. The Kier molecular flexibility index (Phi) is 6.79. The van der Waals surface area contributed by atoms with Crippen molar-refractivity contribution >= 4 is 35.1 Å². The number of carbonyl (C=O) groups excluding carboxylic acids is 4. The Bertz CT molecular complexity index is 973. The third-order valence-corrected chi connectivity index (χ3v) is 4.69. The zero-order chi connectivity index (χ0) is 21.5. The predicted octanol–water partition coefficient (Wildman–Crippen LogP) is 2.03. The minimum absolute atomic E-state index is 0.00696. The molecule has 2 aromatic carbocycles. The average molecular weight is 409 g/mol. The summed E-state index contributed by atoms with van der Waals surface area (Å²) in [5.74, 6) is -1.64. The van der Waals surface area contributed by atoms with Gasteiger partial charge in [0.05, 0.1) is 11.4 Å². The van der Waals surface area contributed by atoms with Crippen LogP contribution in [0.25, 0.3) is 0 Å². The van der Waals surface area contributed by atoms with Gasteiger partial charge in [0.1, 0.15) is 6.54 Å². The molecule has 8 nitrogen and oxygen atoms in total. The van der Waals surface area contributed by atoms with Crippen LogP contribution in [0.3, 0.4) is 0 Å². The van der Waals surface area contributed by atoms with E-state index in [1.165, 1.54) is 0 Å². The fourth-order valence-electron chi connectivity index (χ4n) is 3.18. The average Bonchev–Trinajstić information content (AvgIpc) is 3.17. The number of amides is 3. The van der Waals surface area contributed by atoms with Crippen LogP contribution in [-0.4, -0.2) is 43.4 Å². The van der Waals surface area contributed by atoms with Crippen LogP contribution < -0.4 is 15.5 Å². The van der Waals surface area contributed by atoms with E-state index in [0.717, 1.165) is 12.0 Å². The van der Waals surface area contributed by atoms with Crippen molar-refractivity contribution < 1.29 is 23.9 Å². The topological polar surface area (TPSA) is 105 Å². The van der Waals surface area contributed by atoms with E-state index in [2.05, 4.69) is 10.6 Å². The summed E-state index contributed by atoms with van der Waals surface area (Å²) in [6.07, 6.45) is 1.25. The summed E-state index contributed by atoms with van der Waals surface area (Å²) in [4.78, 5) is 49.8. The molecule has 0 spiro atoms. The summed E-state index contributed by atoms with van der Waals surface area (Å²) in [5, 5.41) is 5.14. The molecule has 1 aliphatic heterocycles. The zero-order valence-electron chi connectivity index (χ0n) is 16.6. The van der Waals surface area contributed by atoms with Gasteiger partial charge in [0.25, 0.3) is 11.8 Å². The van der Waals surface area contributed by atoms with Gasteiger partial charge in [0.15, 0.2) is 6.61 Å². The maximum absolute atomic E-state index is 12.2. The van der Waals surface area contributed by atoms with Gasteiger partial charge in [-0.2, -0.15) is 0 Å². The number of anilines is 2. The summed E-state index contributed by atoms with van der Waals surface area (Å²) in [6.45, 7) is 1.55. The molecule has 2 N–H and O–H groups in total. The summed E-state index contributed by atoms with van der Waals surface area (Å²) in [7, 11) is 0. The number of hydrogen-bond acceptors (Lipinski definition) is 5. The molecular formula is C22H23N3O5. The highest BCUT2D eigenvalue weighted by atomic mass is 16.5. The number of aryl methyl sites for hydroxylation is 1. The lowest BCUT2D eigenvalue weighted by atomic mass is 10.1. The van der Waals surface area contributed by atoms with Crippen molar-refractivity contribution in [3.63, 3.8) is 0 Å². The minimum atomic E-state index is -0.727. The Morgan fingerprint density at radius 2 is 1.80 bits per heavy atom. The van der Waals surface area contributed by atoms with Gasteiger partial charge in [-0.3, -0.25) is 19.2 Å². The standard InChI is InChI=1S/C22H23N3O5/c1-15-7-2-3-8-16(15)22(29)23-13-21(28)30-14-19(26)24-17-9-4-5-10-18(17)25-12-6-11-20(25)27/h2-5,7-10H,6,11-14H2,1H3,(H,23,29)(H,24,26). The van der Waals surface area contributed by atoms with Gasteiger partial charge in [0, 0.05) is 18.5 Å². The maximum atomic E-state index is 12.2. The van der Waals surface area contributed by atoms with Gasteiger partial charge in [-0.25, -0.2) is 0 Å². The van der Waals surface area contributed by atoms with Crippen molar-refractivity contribution in [3.8, 4) is 0 Å². The highest BCUT2D eigenvalue weighted by molar-refractivity contribution is 6.02. The number of nitrogens with one attached hydrogen (secondary N) is 2. The Hall–Kier alpha value is -3.68. The molecular weight excluding hydrogens is 386 g/mol. The van der Waals surface area contributed by atoms with E-state index in [0.29, 0.717) is 29.9 Å². The molecule has 156 valence electrons. The molecule has 1 aliphatic rings. The normalized spacial score (nSPS) is 13.1. The van der Waals surface area contributed by atoms with Crippen molar-refractivity contribution in [2.75, 3.05) is 29.9 Å². The molecule has 0 unspecified atom stereocenters. The first-order chi connectivity index (χ1) is 14.5. The molecule has 3 rings (SSSR count). The smallest absolute Gasteiger partial charge is 0.325 e. The quantitative estimate of drug-likeness (QED) is 0.681.